The fraction of sp³-hybridized carbons (Fsp3) is 0.462. The molecule has 1 fully saturated rings. The zero-order valence-electron chi connectivity index (χ0n) is 10.7. The Bertz CT molecular complexity index is 501. The predicted molar refractivity (Wildman–Crippen MR) is 75.0 cm³/mol. The Hall–Kier alpha value is -1.40. The van der Waals surface area contributed by atoms with E-state index in [4.69, 9.17) is 9.47 Å². The molecule has 2 heterocycles. The number of thioether (sulfide) groups is 1. The summed E-state index contributed by atoms with van der Waals surface area (Å²) in [6.07, 6.45) is 0. The highest BCUT2D eigenvalue weighted by Crippen LogP contribution is 2.35. The molecule has 2 aliphatic rings. The molecule has 0 aromatic heterocycles. The lowest BCUT2D eigenvalue weighted by Crippen LogP contribution is -2.37. The number of benzene rings is 1. The molecule has 0 radical (unpaired) electrons. The lowest BCUT2D eigenvalue weighted by molar-refractivity contribution is -0.117. The van der Waals surface area contributed by atoms with Crippen LogP contribution >= 0.6 is 11.8 Å². The minimum Gasteiger partial charge on any atom is -0.486 e. The smallest absolute Gasteiger partial charge is 0.242 e. The molecule has 1 amide bonds. The highest BCUT2D eigenvalue weighted by molar-refractivity contribution is 7.99. The van der Waals surface area contributed by atoms with Crippen molar-refractivity contribution in [3.8, 4) is 11.5 Å². The molecular weight excluding hydrogens is 264 g/mol. The van der Waals surface area contributed by atoms with Gasteiger partial charge in [0, 0.05) is 23.4 Å². The maximum absolute atomic E-state index is 12.1. The van der Waals surface area contributed by atoms with Gasteiger partial charge in [0.15, 0.2) is 11.5 Å². The number of ether oxygens (including phenoxy) is 2. The van der Waals surface area contributed by atoms with Gasteiger partial charge in [0.1, 0.15) is 13.2 Å². The first kappa shape index (κ1) is 12.6. The number of fused-ring (bicyclic) bond motifs is 1. The minimum atomic E-state index is -0.113. The van der Waals surface area contributed by atoms with Gasteiger partial charge in [0.05, 0.1) is 6.04 Å². The predicted octanol–water partition coefficient (Wildman–Crippen LogP) is 1.37. The van der Waals surface area contributed by atoms with E-state index >= 15 is 0 Å². The van der Waals surface area contributed by atoms with Gasteiger partial charge >= 0.3 is 0 Å². The molecule has 102 valence electrons. The number of hydrogen-bond acceptors (Lipinski definition) is 5. The van der Waals surface area contributed by atoms with E-state index in [1.165, 1.54) is 0 Å². The molecule has 1 saturated heterocycles. The summed E-state index contributed by atoms with van der Waals surface area (Å²) < 4.78 is 11.0. The number of hydrogen-bond donors (Lipinski definition) is 2. The van der Waals surface area contributed by atoms with Gasteiger partial charge < -0.3 is 14.8 Å². The lowest BCUT2D eigenvalue weighted by atomic mass is 10.1. The van der Waals surface area contributed by atoms with Crippen molar-refractivity contribution in [2.45, 2.75) is 13.0 Å². The van der Waals surface area contributed by atoms with E-state index in [-0.39, 0.29) is 11.9 Å². The first-order valence-corrected chi connectivity index (χ1v) is 7.42. The number of nitrogens with one attached hydrogen (secondary N) is 2. The van der Waals surface area contributed by atoms with Crippen LogP contribution in [0.15, 0.2) is 12.1 Å². The average Bonchev–Trinajstić information content (AvgIpc) is 2.93. The number of amides is 1. The molecule has 3 rings (SSSR count). The summed E-state index contributed by atoms with van der Waals surface area (Å²) >= 11 is 1.73. The van der Waals surface area contributed by atoms with Crippen molar-refractivity contribution in [1.29, 1.82) is 0 Å². The van der Waals surface area contributed by atoms with Crippen molar-refractivity contribution < 1.29 is 14.3 Å². The molecule has 1 atom stereocenters. The van der Waals surface area contributed by atoms with E-state index in [2.05, 4.69) is 10.6 Å². The summed E-state index contributed by atoms with van der Waals surface area (Å²) in [6.45, 7) is 3.07. The fourth-order valence-corrected chi connectivity index (χ4v) is 3.05. The molecule has 6 heteroatoms. The van der Waals surface area contributed by atoms with Crippen molar-refractivity contribution >= 4 is 23.4 Å². The molecule has 0 bridgehead atoms. The van der Waals surface area contributed by atoms with Gasteiger partial charge in [-0.3, -0.25) is 10.1 Å². The number of rotatable bonds is 2. The van der Waals surface area contributed by atoms with Gasteiger partial charge in [0.25, 0.3) is 0 Å². The van der Waals surface area contributed by atoms with Crippen LogP contribution in [0.1, 0.15) is 5.56 Å². The summed E-state index contributed by atoms with van der Waals surface area (Å²) in [5.41, 5.74) is 1.76. The van der Waals surface area contributed by atoms with Crippen molar-refractivity contribution in [2.24, 2.45) is 0 Å². The van der Waals surface area contributed by atoms with E-state index in [0.29, 0.717) is 19.0 Å². The van der Waals surface area contributed by atoms with Crippen molar-refractivity contribution in [3.63, 3.8) is 0 Å². The van der Waals surface area contributed by atoms with Crippen LogP contribution in [0.4, 0.5) is 5.69 Å². The maximum Gasteiger partial charge on any atom is 0.242 e. The molecule has 5 nitrogen and oxygen atoms in total. The molecular formula is C13H16N2O3S. The van der Waals surface area contributed by atoms with Gasteiger partial charge in [-0.15, -0.1) is 11.8 Å². The largest absolute Gasteiger partial charge is 0.486 e. The maximum atomic E-state index is 12.1. The van der Waals surface area contributed by atoms with Crippen molar-refractivity contribution in [3.05, 3.63) is 17.7 Å². The zero-order valence-corrected chi connectivity index (χ0v) is 11.5. The summed E-state index contributed by atoms with van der Waals surface area (Å²) in [6, 6.07) is 3.63. The van der Waals surface area contributed by atoms with Crippen LogP contribution in [-0.2, 0) is 4.79 Å². The van der Waals surface area contributed by atoms with Crippen molar-refractivity contribution in [1.82, 2.24) is 5.32 Å². The van der Waals surface area contributed by atoms with Gasteiger partial charge in [-0.25, -0.2) is 0 Å². The average molecular weight is 280 g/mol. The number of anilines is 1. The Labute approximate surface area is 116 Å². The SMILES string of the molecule is Cc1cc2c(cc1NC(=O)C1CSCN1)OCCO2. The summed E-state index contributed by atoms with van der Waals surface area (Å²) in [4.78, 5) is 12.1. The molecule has 0 saturated carbocycles. The molecule has 2 aliphatic heterocycles. The van der Waals surface area contributed by atoms with Crippen LogP contribution in [0.25, 0.3) is 0 Å². The molecule has 2 N–H and O–H groups in total. The standard InChI is InChI=1S/C13H16N2O3S/c1-8-4-11-12(18-3-2-17-11)5-9(8)15-13(16)10-6-19-7-14-10/h4-5,10,14H,2-3,6-7H2,1H3,(H,15,16). The van der Waals surface area contributed by atoms with Crippen molar-refractivity contribution in [2.75, 3.05) is 30.2 Å². The Morgan fingerprint density at radius 3 is 2.79 bits per heavy atom. The van der Waals surface area contributed by atoms with E-state index in [0.717, 1.165) is 28.6 Å². The summed E-state index contributed by atoms with van der Waals surface area (Å²) in [7, 11) is 0. The molecule has 19 heavy (non-hydrogen) atoms. The molecule has 0 aliphatic carbocycles. The van der Waals surface area contributed by atoms with E-state index in [9.17, 15) is 4.79 Å². The third kappa shape index (κ3) is 2.64. The Morgan fingerprint density at radius 2 is 2.11 bits per heavy atom. The molecule has 1 aromatic rings. The Morgan fingerprint density at radius 1 is 1.37 bits per heavy atom. The highest BCUT2D eigenvalue weighted by atomic mass is 32.2. The van der Waals surface area contributed by atoms with Crippen LogP contribution in [0, 0.1) is 6.92 Å². The zero-order chi connectivity index (χ0) is 13.2. The second-order valence-corrected chi connectivity index (χ2v) is 5.60. The molecule has 1 unspecified atom stereocenters. The highest BCUT2D eigenvalue weighted by Gasteiger charge is 2.23. The third-order valence-electron chi connectivity index (χ3n) is 3.18. The number of carbonyl (C=O) groups is 1. The number of carbonyl (C=O) groups excluding carboxylic acids is 1. The third-order valence-corrected chi connectivity index (χ3v) is 4.12. The fourth-order valence-electron chi connectivity index (χ4n) is 2.11. The minimum absolute atomic E-state index is 0.00442. The van der Waals surface area contributed by atoms with Crippen LogP contribution in [-0.4, -0.2) is 36.8 Å². The lowest BCUT2D eigenvalue weighted by Gasteiger charge is -2.21. The van der Waals surface area contributed by atoms with Crippen LogP contribution in [0.3, 0.4) is 0 Å². The van der Waals surface area contributed by atoms with E-state index < -0.39 is 0 Å². The van der Waals surface area contributed by atoms with E-state index in [1.54, 1.807) is 11.8 Å². The summed E-state index contributed by atoms with van der Waals surface area (Å²) in [5.74, 6) is 3.09. The molecule has 0 spiro atoms. The quantitative estimate of drug-likeness (QED) is 0.857. The second-order valence-electron chi connectivity index (χ2n) is 4.57. The van der Waals surface area contributed by atoms with Gasteiger partial charge in [-0.1, -0.05) is 0 Å². The van der Waals surface area contributed by atoms with E-state index in [1.807, 2.05) is 19.1 Å². The van der Waals surface area contributed by atoms with Crippen LogP contribution in [0.5, 0.6) is 11.5 Å². The van der Waals surface area contributed by atoms with Crippen LogP contribution in [0.2, 0.25) is 0 Å². The summed E-state index contributed by atoms with van der Waals surface area (Å²) in [5, 5.41) is 6.11. The normalized spacial score (nSPS) is 21.2. The first-order valence-electron chi connectivity index (χ1n) is 6.26. The number of aryl methyl sites for hydroxylation is 1. The monoisotopic (exact) mass is 280 g/mol. The second kappa shape index (κ2) is 5.30. The van der Waals surface area contributed by atoms with Gasteiger partial charge in [0.2, 0.25) is 5.91 Å². The van der Waals surface area contributed by atoms with Gasteiger partial charge in [-0.2, -0.15) is 0 Å². The van der Waals surface area contributed by atoms with Crippen LogP contribution < -0.4 is 20.1 Å². The topological polar surface area (TPSA) is 59.6 Å². The Balaban J connectivity index is 1.78. The molecule has 1 aromatic carbocycles. The first-order chi connectivity index (χ1) is 9.24. The Kier molecular flexibility index (Phi) is 3.52. The van der Waals surface area contributed by atoms with Gasteiger partial charge in [-0.05, 0) is 18.6 Å².